The van der Waals surface area contributed by atoms with Gasteiger partial charge in [-0.15, -0.1) is 14.8 Å². The highest BCUT2D eigenvalue weighted by Crippen LogP contribution is 2.20. The van der Waals surface area contributed by atoms with Crippen molar-refractivity contribution in [3.05, 3.63) is 48.0 Å². The van der Waals surface area contributed by atoms with E-state index < -0.39 is 0 Å². The summed E-state index contributed by atoms with van der Waals surface area (Å²) >= 11 is 1.66. The van der Waals surface area contributed by atoms with Crippen LogP contribution < -0.4 is 0 Å². The molecule has 5 nitrogen and oxygen atoms in total. The van der Waals surface area contributed by atoms with Gasteiger partial charge in [0.1, 0.15) is 5.03 Å². The van der Waals surface area contributed by atoms with Gasteiger partial charge in [-0.25, -0.2) is 0 Å². The van der Waals surface area contributed by atoms with Crippen molar-refractivity contribution in [3.63, 3.8) is 0 Å². The molecule has 0 aliphatic rings. The van der Waals surface area contributed by atoms with Crippen LogP contribution in [0.5, 0.6) is 0 Å². The number of thioether (sulfide) groups is 1. The van der Waals surface area contributed by atoms with E-state index in [0.29, 0.717) is 5.65 Å². The molecule has 6 heteroatoms. The minimum absolute atomic E-state index is 0.661. The fourth-order valence-electron chi connectivity index (χ4n) is 1.44. The second-order valence-electron chi connectivity index (χ2n) is 3.47. The van der Waals surface area contributed by atoms with Gasteiger partial charge in [-0.1, -0.05) is 42.1 Å². The molecule has 0 saturated carbocycles. The molecule has 3 aromatic rings. The van der Waals surface area contributed by atoms with Gasteiger partial charge in [0, 0.05) is 5.75 Å². The van der Waals surface area contributed by atoms with Gasteiger partial charge in [0.25, 0.3) is 0 Å². The van der Waals surface area contributed by atoms with Gasteiger partial charge >= 0.3 is 0 Å². The molecule has 2 heterocycles. The molecule has 0 aliphatic carbocycles. The summed E-state index contributed by atoms with van der Waals surface area (Å²) in [5.74, 6) is 0.890. The van der Waals surface area contributed by atoms with Crippen LogP contribution in [0.15, 0.2) is 47.5 Å². The highest BCUT2D eigenvalue weighted by Gasteiger charge is 2.01. The lowest BCUT2D eigenvalue weighted by Gasteiger charge is -2.00. The third-order valence-corrected chi connectivity index (χ3v) is 3.27. The highest BCUT2D eigenvalue weighted by atomic mass is 32.2. The summed E-state index contributed by atoms with van der Waals surface area (Å²) in [4.78, 5) is 0. The zero-order chi connectivity index (χ0) is 11.5. The summed E-state index contributed by atoms with van der Waals surface area (Å²) in [7, 11) is 0. The number of aromatic nitrogens is 5. The van der Waals surface area contributed by atoms with Crippen molar-refractivity contribution in [2.24, 2.45) is 0 Å². The maximum Gasteiger partial charge on any atom is 0.200 e. The fraction of sp³-hybridized carbons (Fsp3) is 0.0909. The molecule has 84 valence electrons. The molecular formula is C11H9N5S. The van der Waals surface area contributed by atoms with Crippen LogP contribution in [0.3, 0.4) is 0 Å². The van der Waals surface area contributed by atoms with Crippen LogP contribution in [0.2, 0.25) is 0 Å². The topological polar surface area (TPSA) is 56.0 Å². The molecule has 3 rings (SSSR count). The van der Waals surface area contributed by atoms with E-state index in [9.17, 15) is 0 Å². The Balaban J connectivity index is 1.76. The largest absolute Gasteiger partial charge is 0.200 e. The predicted octanol–water partition coefficient (Wildman–Crippen LogP) is 1.81. The Morgan fingerprint density at radius 1 is 1.06 bits per heavy atom. The first-order valence-electron chi connectivity index (χ1n) is 5.14. The lowest BCUT2D eigenvalue weighted by molar-refractivity contribution is 0.702. The number of benzene rings is 1. The van der Waals surface area contributed by atoms with Crippen LogP contribution in [0, 0.1) is 0 Å². The van der Waals surface area contributed by atoms with Crippen molar-refractivity contribution in [1.29, 1.82) is 0 Å². The first-order valence-corrected chi connectivity index (χ1v) is 6.12. The van der Waals surface area contributed by atoms with Crippen molar-refractivity contribution >= 4 is 17.4 Å². The first-order chi connectivity index (χ1) is 8.42. The molecule has 0 unspecified atom stereocenters. The van der Waals surface area contributed by atoms with Gasteiger partial charge in [0.2, 0.25) is 0 Å². The van der Waals surface area contributed by atoms with E-state index in [4.69, 9.17) is 0 Å². The average Bonchev–Trinajstić information content (AvgIpc) is 2.85. The number of nitrogens with zero attached hydrogens (tertiary/aromatic N) is 5. The zero-order valence-corrected chi connectivity index (χ0v) is 9.71. The van der Waals surface area contributed by atoms with Crippen LogP contribution >= 0.6 is 11.8 Å². The lowest BCUT2D eigenvalue weighted by Crippen LogP contribution is -1.95. The fourth-order valence-corrected chi connectivity index (χ4v) is 2.25. The molecule has 0 N–H and O–H groups in total. The standard InChI is InChI=1S/C11H9N5S/c1-2-4-9(5-3-1)8-17-11-7-6-10-12-14-15-16(10)13-11/h1-7H,8H2. The van der Waals surface area contributed by atoms with E-state index in [2.05, 4.69) is 32.8 Å². The highest BCUT2D eigenvalue weighted by molar-refractivity contribution is 7.98. The Labute approximate surface area is 102 Å². The number of tetrazole rings is 1. The summed E-state index contributed by atoms with van der Waals surface area (Å²) in [6.45, 7) is 0. The molecule has 0 radical (unpaired) electrons. The minimum atomic E-state index is 0.661. The molecule has 0 saturated heterocycles. The molecule has 0 atom stereocenters. The Bertz CT molecular complexity index is 622. The van der Waals surface area contributed by atoms with E-state index in [-0.39, 0.29) is 0 Å². The molecule has 1 aromatic carbocycles. The van der Waals surface area contributed by atoms with Gasteiger partial charge in [-0.3, -0.25) is 0 Å². The second kappa shape index (κ2) is 4.50. The van der Waals surface area contributed by atoms with E-state index in [1.165, 1.54) is 10.2 Å². The molecular weight excluding hydrogens is 234 g/mol. The third kappa shape index (κ3) is 2.26. The number of fused-ring (bicyclic) bond motifs is 1. The average molecular weight is 243 g/mol. The molecule has 0 aliphatic heterocycles. The summed E-state index contributed by atoms with van der Waals surface area (Å²) < 4.78 is 1.44. The summed E-state index contributed by atoms with van der Waals surface area (Å²) in [6, 6.07) is 14.1. The maximum absolute atomic E-state index is 4.29. The quantitative estimate of drug-likeness (QED) is 0.657. The molecule has 0 bridgehead atoms. The van der Waals surface area contributed by atoms with Gasteiger partial charge in [0.15, 0.2) is 5.65 Å². The van der Waals surface area contributed by atoms with Crippen molar-refractivity contribution < 1.29 is 0 Å². The summed E-state index contributed by atoms with van der Waals surface area (Å²) in [5, 5.41) is 16.3. The number of rotatable bonds is 3. The smallest absolute Gasteiger partial charge is 0.140 e. The first kappa shape index (κ1) is 10.2. The van der Waals surface area contributed by atoms with E-state index >= 15 is 0 Å². The monoisotopic (exact) mass is 243 g/mol. The Kier molecular flexibility index (Phi) is 2.71. The summed E-state index contributed by atoms with van der Waals surface area (Å²) in [5.41, 5.74) is 1.94. The zero-order valence-electron chi connectivity index (χ0n) is 8.89. The van der Waals surface area contributed by atoms with Gasteiger partial charge in [-0.05, 0) is 28.1 Å². The van der Waals surface area contributed by atoms with Gasteiger partial charge in [-0.2, -0.15) is 0 Å². The number of hydrogen-bond donors (Lipinski definition) is 0. The molecule has 0 fully saturated rings. The Morgan fingerprint density at radius 2 is 1.94 bits per heavy atom. The SMILES string of the molecule is c1ccc(CSc2ccc3nnnn3n2)cc1. The Hall–Kier alpha value is -1.95. The van der Waals surface area contributed by atoms with Gasteiger partial charge in [0.05, 0.1) is 0 Å². The van der Waals surface area contributed by atoms with Crippen LogP contribution in [-0.2, 0) is 5.75 Å². The lowest BCUT2D eigenvalue weighted by atomic mass is 10.2. The number of hydrogen-bond acceptors (Lipinski definition) is 5. The predicted molar refractivity (Wildman–Crippen MR) is 64.6 cm³/mol. The van der Waals surface area contributed by atoms with Crippen molar-refractivity contribution in [2.75, 3.05) is 0 Å². The normalized spacial score (nSPS) is 10.8. The molecule has 17 heavy (non-hydrogen) atoms. The third-order valence-electron chi connectivity index (χ3n) is 2.27. The van der Waals surface area contributed by atoms with Crippen LogP contribution in [0.1, 0.15) is 5.56 Å². The van der Waals surface area contributed by atoms with Crippen molar-refractivity contribution in [2.45, 2.75) is 10.8 Å². The maximum atomic E-state index is 4.29. The van der Waals surface area contributed by atoms with E-state index in [1.54, 1.807) is 11.8 Å². The molecule has 2 aromatic heterocycles. The van der Waals surface area contributed by atoms with Crippen LogP contribution in [0.4, 0.5) is 0 Å². The van der Waals surface area contributed by atoms with E-state index in [0.717, 1.165) is 10.8 Å². The van der Waals surface area contributed by atoms with Crippen molar-refractivity contribution in [3.8, 4) is 0 Å². The molecule has 0 spiro atoms. The summed E-state index contributed by atoms with van der Waals surface area (Å²) in [6.07, 6.45) is 0. The minimum Gasteiger partial charge on any atom is -0.140 e. The van der Waals surface area contributed by atoms with Crippen LogP contribution in [0.25, 0.3) is 5.65 Å². The van der Waals surface area contributed by atoms with Crippen LogP contribution in [-0.4, -0.2) is 25.3 Å². The van der Waals surface area contributed by atoms with E-state index in [1.807, 2.05) is 30.3 Å². The van der Waals surface area contributed by atoms with Gasteiger partial charge < -0.3 is 0 Å². The second-order valence-corrected chi connectivity index (χ2v) is 4.47. The Morgan fingerprint density at radius 3 is 2.82 bits per heavy atom. The van der Waals surface area contributed by atoms with Crippen molar-refractivity contribution in [1.82, 2.24) is 25.3 Å². The molecule has 0 amide bonds.